The first-order valence-electron chi connectivity index (χ1n) is 8.09. The van der Waals surface area contributed by atoms with Crippen LogP contribution < -0.4 is 14.8 Å². The third kappa shape index (κ3) is 5.81. The molecule has 136 valence electrons. The van der Waals surface area contributed by atoms with E-state index < -0.39 is 5.91 Å². The van der Waals surface area contributed by atoms with Gasteiger partial charge < -0.3 is 14.8 Å². The second-order valence-corrected chi connectivity index (χ2v) is 5.70. The normalized spacial score (nSPS) is 10.4. The van der Waals surface area contributed by atoms with Crippen LogP contribution >= 0.6 is 11.6 Å². The van der Waals surface area contributed by atoms with Gasteiger partial charge in [0.15, 0.2) is 11.5 Å². The summed E-state index contributed by atoms with van der Waals surface area (Å²) in [6.07, 6.45) is 6.68. The van der Waals surface area contributed by atoms with Crippen LogP contribution in [0.1, 0.15) is 12.5 Å². The molecule has 2 aromatic carbocycles. The monoisotopic (exact) mass is 380 g/mol. The molecular weight excluding hydrogens is 364 g/mol. The Labute approximate surface area is 163 Å². The molecule has 1 N–H and O–H groups in total. The molecule has 0 aliphatic rings. The highest BCUT2D eigenvalue weighted by atomic mass is 35.5. The highest BCUT2D eigenvalue weighted by Crippen LogP contribution is 2.29. The van der Waals surface area contributed by atoms with Crippen molar-refractivity contribution in [2.75, 3.05) is 18.5 Å². The zero-order valence-electron chi connectivity index (χ0n) is 14.7. The van der Waals surface area contributed by atoms with Gasteiger partial charge in [0.25, 0.3) is 5.91 Å². The minimum atomic E-state index is -0.523. The van der Waals surface area contributed by atoms with Gasteiger partial charge >= 0.3 is 0 Å². The van der Waals surface area contributed by atoms with Gasteiger partial charge in [-0.05, 0) is 55.0 Å². The number of anilines is 1. The number of benzene rings is 2. The quantitative estimate of drug-likeness (QED) is 0.441. The van der Waals surface area contributed by atoms with Crippen molar-refractivity contribution in [3.8, 4) is 29.9 Å². The van der Waals surface area contributed by atoms with Gasteiger partial charge in [0.2, 0.25) is 0 Å². The number of rotatable bonds is 7. The molecule has 0 heterocycles. The van der Waals surface area contributed by atoms with E-state index in [0.717, 1.165) is 0 Å². The Balaban J connectivity index is 2.24. The standard InChI is InChI=1S/C21H17ClN2O3/c1-3-11-27-19-10-5-15(13-20(19)26-4-2)12-16(14-23)21(25)24-18-8-6-17(22)7-9-18/h1,5-10,12-13H,4,11H2,2H3,(H,24,25)/b16-12-. The van der Waals surface area contributed by atoms with Crippen molar-refractivity contribution in [3.63, 3.8) is 0 Å². The minimum Gasteiger partial charge on any atom is -0.490 e. The maximum absolute atomic E-state index is 12.3. The fraction of sp³-hybridized carbons (Fsp3) is 0.143. The Bertz CT molecular complexity index is 922. The van der Waals surface area contributed by atoms with E-state index in [2.05, 4.69) is 11.2 Å². The predicted molar refractivity (Wildman–Crippen MR) is 106 cm³/mol. The molecular formula is C21H17ClN2O3. The molecule has 1 amide bonds. The Morgan fingerprint density at radius 1 is 1.22 bits per heavy atom. The van der Waals surface area contributed by atoms with E-state index in [1.807, 2.05) is 13.0 Å². The summed E-state index contributed by atoms with van der Waals surface area (Å²) in [5.74, 6) is 2.85. The van der Waals surface area contributed by atoms with Crippen LogP contribution in [0.5, 0.6) is 11.5 Å². The molecule has 6 heteroatoms. The molecule has 0 saturated carbocycles. The number of carbonyl (C=O) groups is 1. The van der Waals surface area contributed by atoms with Gasteiger partial charge in [0.1, 0.15) is 18.2 Å². The first-order chi connectivity index (χ1) is 13.1. The summed E-state index contributed by atoms with van der Waals surface area (Å²) in [5.41, 5.74) is 1.11. The third-order valence-corrected chi connectivity index (χ3v) is 3.61. The van der Waals surface area contributed by atoms with Crippen LogP contribution in [-0.4, -0.2) is 19.1 Å². The molecule has 0 fully saturated rings. The van der Waals surface area contributed by atoms with E-state index in [1.165, 1.54) is 6.08 Å². The Hall–Kier alpha value is -3.41. The Kier molecular flexibility index (Phi) is 7.31. The number of amides is 1. The van der Waals surface area contributed by atoms with E-state index >= 15 is 0 Å². The van der Waals surface area contributed by atoms with Crippen LogP contribution in [0.15, 0.2) is 48.0 Å². The van der Waals surface area contributed by atoms with Crippen molar-refractivity contribution in [2.24, 2.45) is 0 Å². The summed E-state index contributed by atoms with van der Waals surface area (Å²) in [5, 5.41) is 12.6. The summed E-state index contributed by atoms with van der Waals surface area (Å²) in [4.78, 5) is 12.3. The van der Waals surface area contributed by atoms with E-state index in [-0.39, 0.29) is 12.2 Å². The number of nitrogens with one attached hydrogen (secondary N) is 1. The van der Waals surface area contributed by atoms with Crippen LogP contribution in [0, 0.1) is 23.7 Å². The zero-order chi connectivity index (χ0) is 19.6. The number of hydrogen-bond acceptors (Lipinski definition) is 4. The smallest absolute Gasteiger partial charge is 0.266 e. The van der Waals surface area contributed by atoms with Crippen molar-refractivity contribution in [3.05, 3.63) is 58.6 Å². The molecule has 0 aromatic heterocycles. The number of terminal acetylenes is 1. The number of ether oxygens (including phenoxy) is 2. The lowest BCUT2D eigenvalue weighted by atomic mass is 10.1. The lowest BCUT2D eigenvalue weighted by Crippen LogP contribution is -2.13. The van der Waals surface area contributed by atoms with E-state index in [9.17, 15) is 10.1 Å². The van der Waals surface area contributed by atoms with Crippen molar-refractivity contribution in [1.82, 2.24) is 0 Å². The van der Waals surface area contributed by atoms with Crippen LogP contribution in [-0.2, 0) is 4.79 Å². The maximum Gasteiger partial charge on any atom is 0.266 e. The fourth-order valence-electron chi connectivity index (χ4n) is 2.17. The summed E-state index contributed by atoms with van der Waals surface area (Å²) in [7, 11) is 0. The molecule has 0 aliphatic carbocycles. The largest absolute Gasteiger partial charge is 0.490 e. The number of carbonyl (C=O) groups excluding carboxylic acids is 1. The lowest BCUT2D eigenvalue weighted by Gasteiger charge is -2.11. The highest BCUT2D eigenvalue weighted by Gasteiger charge is 2.11. The van der Waals surface area contributed by atoms with Gasteiger partial charge in [-0.25, -0.2) is 0 Å². The van der Waals surface area contributed by atoms with Crippen molar-refractivity contribution >= 4 is 29.3 Å². The lowest BCUT2D eigenvalue weighted by molar-refractivity contribution is -0.112. The molecule has 2 rings (SSSR count). The first kappa shape index (κ1) is 19.9. The fourth-order valence-corrected chi connectivity index (χ4v) is 2.29. The molecule has 27 heavy (non-hydrogen) atoms. The highest BCUT2D eigenvalue weighted by molar-refractivity contribution is 6.30. The molecule has 0 saturated heterocycles. The Morgan fingerprint density at radius 2 is 1.96 bits per heavy atom. The molecule has 0 spiro atoms. The first-order valence-corrected chi connectivity index (χ1v) is 8.47. The topological polar surface area (TPSA) is 71.3 Å². The van der Waals surface area contributed by atoms with Gasteiger partial charge in [0.05, 0.1) is 6.61 Å². The van der Waals surface area contributed by atoms with Gasteiger partial charge in [-0.1, -0.05) is 23.6 Å². The predicted octanol–water partition coefficient (Wildman–Crippen LogP) is 4.30. The van der Waals surface area contributed by atoms with Crippen LogP contribution in [0.3, 0.4) is 0 Å². The van der Waals surface area contributed by atoms with E-state index in [4.69, 9.17) is 27.5 Å². The van der Waals surface area contributed by atoms with Gasteiger partial charge in [-0.3, -0.25) is 4.79 Å². The van der Waals surface area contributed by atoms with Gasteiger partial charge in [0, 0.05) is 10.7 Å². The van der Waals surface area contributed by atoms with Gasteiger partial charge in [-0.2, -0.15) is 5.26 Å². The molecule has 0 aliphatic heterocycles. The minimum absolute atomic E-state index is 0.0512. The number of hydrogen-bond donors (Lipinski definition) is 1. The van der Waals surface area contributed by atoms with E-state index in [1.54, 1.807) is 42.5 Å². The van der Waals surface area contributed by atoms with Crippen LogP contribution in [0.2, 0.25) is 5.02 Å². The van der Waals surface area contributed by atoms with E-state index in [0.29, 0.717) is 34.4 Å². The summed E-state index contributed by atoms with van der Waals surface area (Å²) >= 11 is 5.82. The average molecular weight is 381 g/mol. The zero-order valence-corrected chi connectivity index (χ0v) is 15.4. The SMILES string of the molecule is C#CCOc1ccc(/C=C(/C#N)C(=O)Nc2ccc(Cl)cc2)cc1OCC. The molecule has 0 atom stereocenters. The summed E-state index contributed by atoms with van der Waals surface area (Å²) in [6, 6.07) is 13.6. The second-order valence-electron chi connectivity index (χ2n) is 5.26. The van der Waals surface area contributed by atoms with Gasteiger partial charge in [-0.15, -0.1) is 6.42 Å². The molecule has 0 radical (unpaired) electrons. The third-order valence-electron chi connectivity index (χ3n) is 3.36. The summed E-state index contributed by atoms with van der Waals surface area (Å²) in [6.45, 7) is 2.39. The molecule has 5 nitrogen and oxygen atoms in total. The molecule has 0 unspecified atom stereocenters. The number of nitriles is 1. The maximum atomic E-state index is 12.3. The average Bonchev–Trinajstić information content (AvgIpc) is 2.67. The van der Waals surface area contributed by atoms with Crippen LogP contribution in [0.25, 0.3) is 6.08 Å². The van der Waals surface area contributed by atoms with Crippen molar-refractivity contribution in [2.45, 2.75) is 6.92 Å². The summed E-state index contributed by atoms with van der Waals surface area (Å²) < 4.78 is 11.0. The Morgan fingerprint density at radius 3 is 2.59 bits per heavy atom. The van der Waals surface area contributed by atoms with Crippen molar-refractivity contribution in [1.29, 1.82) is 5.26 Å². The molecule has 2 aromatic rings. The number of nitrogens with zero attached hydrogens (tertiary/aromatic N) is 1. The second kappa shape index (κ2) is 9.91. The van der Waals surface area contributed by atoms with Crippen molar-refractivity contribution < 1.29 is 14.3 Å². The van der Waals surface area contributed by atoms with Crippen LogP contribution in [0.4, 0.5) is 5.69 Å². The number of halogens is 1. The molecule has 0 bridgehead atoms.